The maximum atomic E-state index is 14.3. The Morgan fingerprint density at radius 1 is 1.55 bits per heavy atom. The summed E-state index contributed by atoms with van der Waals surface area (Å²) in [6, 6.07) is 1.70. The van der Waals surface area contributed by atoms with Crippen LogP contribution in [-0.4, -0.2) is 9.97 Å². The first-order valence-electron chi connectivity index (χ1n) is 6.39. The second-order valence-electron chi connectivity index (χ2n) is 4.95. The quantitative estimate of drug-likeness (QED) is 0.643. The molecule has 1 aliphatic rings. The van der Waals surface area contributed by atoms with E-state index in [4.69, 9.17) is 0 Å². The Labute approximate surface area is 123 Å². The highest BCUT2D eigenvalue weighted by atomic mass is 79.9. The SMILES string of the molecule is Cc1nc2c(C#CC3CC3)cc(CBr)c(F)c2[nH]c1=O. The lowest BCUT2D eigenvalue weighted by Crippen LogP contribution is -2.13. The molecule has 0 atom stereocenters. The van der Waals surface area contributed by atoms with Crippen LogP contribution in [-0.2, 0) is 5.33 Å². The fourth-order valence-electron chi connectivity index (χ4n) is 1.96. The lowest BCUT2D eigenvalue weighted by Gasteiger charge is -2.07. The molecule has 0 amide bonds. The molecule has 1 aliphatic carbocycles. The van der Waals surface area contributed by atoms with E-state index in [-0.39, 0.29) is 11.1 Å². The fourth-order valence-corrected chi connectivity index (χ4v) is 2.37. The van der Waals surface area contributed by atoms with Crippen LogP contribution in [0.3, 0.4) is 0 Å². The molecule has 0 saturated heterocycles. The van der Waals surface area contributed by atoms with Crippen LogP contribution in [0, 0.1) is 30.5 Å². The Bertz CT molecular complexity index is 812. The third kappa shape index (κ3) is 2.36. The summed E-state index contributed by atoms with van der Waals surface area (Å²) in [5, 5.41) is 0.364. The summed E-state index contributed by atoms with van der Waals surface area (Å²) in [5.41, 5.74) is 1.65. The molecule has 0 spiro atoms. The Hall–Kier alpha value is -1.67. The number of aryl methyl sites for hydroxylation is 1. The molecule has 0 unspecified atom stereocenters. The van der Waals surface area contributed by atoms with Gasteiger partial charge < -0.3 is 4.98 Å². The Morgan fingerprint density at radius 3 is 2.95 bits per heavy atom. The van der Waals surface area contributed by atoms with E-state index in [9.17, 15) is 9.18 Å². The van der Waals surface area contributed by atoms with E-state index in [0.29, 0.717) is 33.6 Å². The Balaban J connectivity index is 2.32. The highest BCUT2D eigenvalue weighted by molar-refractivity contribution is 9.08. The molecular weight excluding hydrogens is 323 g/mol. The van der Waals surface area contributed by atoms with Gasteiger partial charge in [-0.1, -0.05) is 27.8 Å². The average Bonchev–Trinajstić information content (AvgIpc) is 3.24. The van der Waals surface area contributed by atoms with Crippen LogP contribution in [0.15, 0.2) is 10.9 Å². The number of fused-ring (bicyclic) bond motifs is 1. The first kappa shape index (κ1) is 13.3. The first-order chi connectivity index (χ1) is 9.60. The zero-order chi connectivity index (χ0) is 14.3. The van der Waals surface area contributed by atoms with Gasteiger partial charge in [0.2, 0.25) is 0 Å². The van der Waals surface area contributed by atoms with Gasteiger partial charge in [0, 0.05) is 16.8 Å². The summed E-state index contributed by atoms with van der Waals surface area (Å²) < 4.78 is 14.3. The van der Waals surface area contributed by atoms with E-state index in [2.05, 4.69) is 37.7 Å². The van der Waals surface area contributed by atoms with Gasteiger partial charge in [-0.2, -0.15) is 0 Å². The van der Waals surface area contributed by atoms with Gasteiger partial charge in [0.1, 0.15) is 16.7 Å². The van der Waals surface area contributed by atoms with Gasteiger partial charge in [0.25, 0.3) is 5.56 Å². The topological polar surface area (TPSA) is 45.8 Å². The zero-order valence-corrected chi connectivity index (χ0v) is 12.5. The molecule has 0 aliphatic heterocycles. The minimum Gasteiger partial charge on any atom is -0.317 e. The normalized spacial score (nSPS) is 14.2. The molecule has 2 aromatic rings. The molecule has 1 fully saturated rings. The van der Waals surface area contributed by atoms with Crippen LogP contribution in [0.5, 0.6) is 0 Å². The minimum atomic E-state index is -0.446. The smallest absolute Gasteiger partial charge is 0.269 e. The highest BCUT2D eigenvalue weighted by Crippen LogP contribution is 2.28. The van der Waals surface area contributed by atoms with Gasteiger partial charge in [-0.25, -0.2) is 9.37 Å². The molecule has 3 rings (SSSR count). The summed E-state index contributed by atoms with van der Waals surface area (Å²) in [7, 11) is 0. The molecule has 1 saturated carbocycles. The molecule has 1 heterocycles. The number of rotatable bonds is 1. The van der Waals surface area contributed by atoms with Crippen LogP contribution in [0.1, 0.15) is 29.7 Å². The van der Waals surface area contributed by atoms with Gasteiger partial charge >= 0.3 is 0 Å². The predicted octanol–water partition coefficient (Wildman–Crippen LogP) is 3.03. The number of halogens is 2. The number of alkyl halides is 1. The molecule has 3 nitrogen and oxygen atoms in total. The first-order valence-corrected chi connectivity index (χ1v) is 7.52. The third-order valence-corrected chi connectivity index (χ3v) is 3.89. The Morgan fingerprint density at radius 2 is 2.30 bits per heavy atom. The number of benzene rings is 1. The van der Waals surface area contributed by atoms with Crippen molar-refractivity contribution in [2.75, 3.05) is 0 Å². The molecule has 1 aromatic heterocycles. The standard InChI is InChI=1S/C15H12BrFN2O/c1-8-15(20)19-14-12(17)11(7-16)6-10(13(14)18-8)5-4-9-2-3-9/h6,9H,2-3,7H2,1H3,(H,19,20). The number of aromatic nitrogens is 2. The second kappa shape index (κ2) is 5.02. The summed E-state index contributed by atoms with van der Waals surface area (Å²) in [5.74, 6) is 6.23. The molecular formula is C15H12BrFN2O. The van der Waals surface area contributed by atoms with Crippen molar-refractivity contribution in [2.24, 2.45) is 5.92 Å². The van der Waals surface area contributed by atoms with E-state index < -0.39 is 5.82 Å². The molecule has 0 radical (unpaired) electrons. The average molecular weight is 335 g/mol. The maximum Gasteiger partial charge on any atom is 0.269 e. The second-order valence-corrected chi connectivity index (χ2v) is 5.51. The van der Waals surface area contributed by atoms with E-state index in [1.54, 1.807) is 13.0 Å². The maximum absolute atomic E-state index is 14.3. The highest BCUT2D eigenvalue weighted by Gasteiger charge is 2.18. The van der Waals surface area contributed by atoms with Crippen molar-refractivity contribution < 1.29 is 4.39 Å². The fraction of sp³-hybridized carbons (Fsp3) is 0.333. The summed E-state index contributed by atoms with van der Waals surface area (Å²) in [6.07, 6.45) is 2.25. The van der Waals surface area contributed by atoms with Crippen molar-refractivity contribution in [3.63, 3.8) is 0 Å². The van der Waals surface area contributed by atoms with Crippen molar-refractivity contribution in [3.8, 4) is 11.8 Å². The number of nitrogens with one attached hydrogen (secondary N) is 1. The van der Waals surface area contributed by atoms with E-state index >= 15 is 0 Å². The number of hydrogen-bond acceptors (Lipinski definition) is 2. The van der Waals surface area contributed by atoms with Crippen molar-refractivity contribution >= 4 is 27.0 Å². The molecule has 102 valence electrons. The lowest BCUT2D eigenvalue weighted by atomic mass is 10.1. The molecule has 20 heavy (non-hydrogen) atoms. The summed E-state index contributed by atoms with van der Waals surface area (Å²) in [4.78, 5) is 18.4. The van der Waals surface area contributed by atoms with Gasteiger partial charge in [-0.15, -0.1) is 0 Å². The van der Waals surface area contributed by atoms with Crippen LogP contribution in [0.25, 0.3) is 11.0 Å². The summed E-state index contributed by atoms with van der Waals surface area (Å²) in [6.45, 7) is 1.60. The van der Waals surface area contributed by atoms with E-state index in [1.165, 1.54) is 0 Å². The third-order valence-electron chi connectivity index (χ3n) is 3.29. The monoisotopic (exact) mass is 334 g/mol. The zero-order valence-electron chi connectivity index (χ0n) is 10.9. The van der Waals surface area contributed by atoms with Crippen LogP contribution in [0.2, 0.25) is 0 Å². The van der Waals surface area contributed by atoms with Crippen LogP contribution < -0.4 is 5.56 Å². The number of nitrogens with zero attached hydrogens (tertiary/aromatic N) is 1. The number of H-pyrrole nitrogens is 1. The van der Waals surface area contributed by atoms with Gasteiger partial charge in [-0.3, -0.25) is 4.79 Å². The largest absolute Gasteiger partial charge is 0.317 e. The Kier molecular flexibility index (Phi) is 3.35. The van der Waals surface area contributed by atoms with Gasteiger partial charge in [0.05, 0.1) is 5.56 Å². The van der Waals surface area contributed by atoms with Crippen LogP contribution >= 0.6 is 15.9 Å². The summed E-state index contributed by atoms with van der Waals surface area (Å²) >= 11 is 3.25. The lowest BCUT2D eigenvalue weighted by molar-refractivity contribution is 0.625. The molecule has 0 bridgehead atoms. The number of aromatic amines is 1. The number of hydrogen-bond donors (Lipinski definition) is 1. The van der Waals surface area contributed by atoms with Gasteiger partial charge in [-0.05, 0) is 25.8 Å². The van der Waals surface area contributed by atoms with Gasteiger partial charge in [0.15, 0.2) is 5.82 Å². The molecule has 5 heteroatoms. The molecule has 1 N–H and O–H groups in total. The van der Waals surface area contributed by atoms with Crippen molar-refractivity contribution in [1.29, 1.82) is 0 Å². The van der Waals surface area contributed by atoms with Crippen LogP contribution in [0.4, 0.5) is 4.39 Å². The minimum absolute atomic E-state index is 0.137. The van der Waals surface area contributed by atoms with Crippen molar-refractivity contribution in [2.45, 2.75) is 25.1 Å². The van der Waals surface area contributed by atoms with E-state index in [1.807, 2.05) is 0 Å². The van der Waals surface area contributed by atoms with E-state index in [0.717, 1.165) is 12.8 Å². The molecule has 1 aromatic carbocycles. The predicted molar refractivity (Wildman–Crippen MR) is 79.3 cm³/mol. The van der Waals surface area contributed by atoms with Crippen molar-refractivity contribution in [3.05, 3.63) is 39.1 Å². The van der Waals surface area contributed by atoms with Crippen molar-refractivity contribution in [1.82, 2.24) is 9.97 Å².